The summed E-state index contributed by atoms with van der Waals surface area (Å²) < 4.78 is 0. The largest absolute Gasteiger partial charge is 0.502 e. The van der Waals surface area contributed by atoms with Crippen LogP contribution in [-0.2, 0) is 4.79 Å². The van der Waals surface area contributed by atoms with Crippen LogP contribution in [-0.4, -0.2) is 22.0 Å². The number of carbonyl (C=O) groups excluding carboxylic acids is 1. The van der Waals surface area contributed by atoms with Crippen LogP contribution in [0.4, 0.5) is 0 Å². The molecule has 0 aliphatic heterocycles. The van der Waals surface area contributed by atoms with Gasteiger partial charge in [-0.3, -0.25) is 4.79 Å². The second kappa shape index (κ2) is 5.16. The normalized spacial score (nSPS) is 11.4. The molecule has 0 amide bonds. The summed E-state index contributed by atoms with van der Waals surface area (Å²) in [7, 11) is 0. The van der Waals surface area contributed by atoms with Crippen molar-refractivity contribution in [3.8, 4) is 9.75 Å². The van der Waals surface area contributed by atoms with Gasteiger partial charge in [-0.15, -0.1) is 22.7 Å². The number of carboxylic acids is 1. The van der Waals surface area contributed by atoms with Crippen LogP contribution in [0.15, 0.2) is 41.5 Å². The van der Waals surface area contributed by atoms with Gasteiger partial charge in [-0.2, -0.15) is 0 Å². The lowest BCUT2D eigenvalue weighted by atomic mass is 10.2. The lowest BCUT2D eigenvalue weighted by molar-refractivity contribution is -0.135. The number of allylic oxidation sites excluding steroid dienone is 1. The van der Waals surface area contributed by atoms with Gasteiger partial charge in [0.25, 0.3) is 0 Å². The summed E-state index contributed by atoms with van der Waals surface area (Å²) in [6, 6.07) is 7.27. The molecule has 2 rings (SSSR count). The molecule has 0 spiro atoms. The number of aliphatic hydroxyl groups excluding tert-OH is 1. The Bertz CT molecular complexity index is 608. The average molecular weight is 280 g/mol. The third-order valence-electron chi connectivity index (χ3n) is 2.10. The van der Waals surface area contributed by atoms with E-state index in [0.717, 1.165) is 9.75 Å². The first-order valence-electron chi connectivity index (χ1n) is 4.90. The fraction of sp³-hybridized carbons (Fsp3) is 0. The van der Waals surface area contributed by atoms with Crippen molar-refractivity contribution < 1.29 is 19.8 Å². The van der Waals surface area contributed by atoms with E-state index < -0.39 is 17.5 Å². The van der Waals surface area contributed by atoms with Crippen LogP contribution in [0.3, 0.4) is 0 Å². The molecule has 0 bridgehead atoms. The Kier molecular flexibility index (Phi) is 3.59. The minimum atomic E-state index is -1.52. The number of aliphatic hydroxyl groups is 1. The highest BCUT2D eigenvalue weighted by molar-refractivity contribution is 7.22. The SMILES string of the molecule is O=C(O)/C(O)=C/C(=O)c1ccc(-c2cccs2)s1. The second-order valence-corrected chi connectivity index (χ2v) is 5.37. The van der Waals surface area contributed by atoms with Crippen LogP contribution in [0, 0.1) is 0 Å². The summed E-state index contributed by atoms with van der Waals surface area (Å²) >= 11 is 2.82. The topological polar surface area (TPSA) is 74.6 Å². The molecule has 2 aromatic rings. The molecular formula is C12H8O4S2. The van der Waals surface area contributed by atoms with E-state index in [1.165, 1.54) is 11.3 Å². The van der Waals surface area contributed by atoms with Crippen LogP contribution in [0.25, 0.3) is 9.75 Å². The Hall–Kier alpha value is -1.92. The smallest absolute Gasteiger partial charge is 0.371 e. The highest BCUT2D eigenvalue weighted by Crippen LogP contribution is 2.31. The van der Waals surface area contributed by atoms with Gasteiger partial charge >= 0.3 is 5.97 Å². The fourth-order valence-corrected chi connectivity index (χ4v) is 3.03. The number of carboxylic acid groups (broad SMARTS) is 1. The van der Waals surface area contributed by atoms with E-state index in [4.69, 9.17) is 10.2 Å². The number of hydrogen-bond donors (Lipinski definition) is 2. The van der Waals surface area contributed by atoms with E-state index in [-0.39, 0.29) is 0 Å². The molecular weight excluding hydrogens is 272 g/mol. The first kappa shape index (κ1) is 12.5. The molecule has 0 saturated heterocycles. The zero-order chi connectivity index (χ0) is 13.1. The van der Waals surface area contributed by atoms with E-state index in [0.29, 0.717) is 11.0 Å². The van der Waals surface area contributed by atoms with Gasteiger partial charge < -0.3 is 10.2 Å². The summed E-state index contributed by atoms with van der Waals surface area (Å²) in [6.45, 7) is 0. The van der Waals surface area contributed by atoms with Crippen molar-refractivity contribution in [2.75, 3.05) is 0 Å². The molecule has 0 radical (unpaired) electrons. The summed E-state index contributed by atoms with van der Waals surface area (Å²) in [4.78, 5) is 24.4. The van der Waals surface area contributed by atoms with E-state index in [1.807, 2.05) is 17.5 Å². The number of carbonyl (C=O) groups is 2. The van der Waals surface area contributed by atoms with Gasteiger partial charge in [0.1, 0.15) is 0 Å². The average Bonchev–Trinajstić information content (AvgIpc) is 2.99. The number of aliphatic carboxylic acids is 1. The zero-order valence-electron chi connectivity index (χ0n) is 8.99. The molecule has 0 aromatic carbocycles. The number of hydrogen-bond acceptors (Lipinski definition) is 5. The Balaban J connectivity index is 2.23. The number of thiophene rings is 2. The third kappa shape index (κ3) is 2.66. The van der Waals surface area contributed by atoms with E-state index >= 15 is 0 Å². The maximum Gasteiger partial charge on any atom is 0.371 e. The first-order chi connectivity index (χ1) is 8.58. The summed E-state index contributed by atoms with van der Waals surface area (Å²) in [5.41, 5.74) is 0. The van der Waals surface area contributed by atoms with Gasteiger partial charge in [-0.1, -0.05) is 6.07 Å². The van der Waals surface area contributed by atoms with Crippen LogP contribution in [0.5, 0.6) is 0 Å². The fourth-order valence-electron chi connectivity index (χ4n) is 1.28. The Morgan fingerprint density at radius 1 is 1.11 bits per heavy atom. The van der Waals surface area contributed by atoms with Crippen molar-refractivity contribution in [3.05, 3.63) is 46.4 Å². The Labute approximate surface area is 110 Å². The number of ketones is 1. The molecule has 6 heteroatoms. The lowest BCUT2D eigenvalue weighted by Crippen LogP contribution is -2.02. The van der Waals surface area contributed by atoms with Crippen molar-refractivity contribution in [3.63, 3.8) is 0 Å². The molecule has 2 N–H and O–H groups in total. The highest BCUT2D eigenvalue weighted by atomic mass is 32.1. The van der Waals surface area contributed by atoms with Gasteiger partial charge in [0.2, 0.25) is 5.76 Å². The standard InChI is InChI=1S/C12H8O4S2/c13-7(6-8(14)12(15)16)9-3-4-11(18-9)10-2-1-5-17-10/h1-6,14H,(H,15,16)/b8-6-. The first-order valence-corrected chi connectivity index (χ1v) is 6.59. The molecule has 0 aliphatic carbocycles. The second-order valence-electron chi connectivity index (χ2n) is 3.34. The van der Waals surface area contributed by atoms with E-state index in [9.17, 15) is 9.59 Å². The molecule has 4 nitrogen and oxygen atoms in total. The molecule has 2 aromatic heterocycles. The van der Waals surface area contributed by atoms with Crippen molar-refractivity contribution >= 4 is 34.4 Å². The van der Waals surface area contributed by atoms with Crippen LogP contribution < -0.4 is 0 Å². The summed E-state index contributed by atoms with van der Waals surface area (Å²) in [5.74, 6) is -2.98. The Morgan fingerprint density at radius 2 is 1.89 bits per heavy atom. The predicted molar refractivity (Wildman–Crippen MR) is 70.3 cm³/mol. The third-order valence-corrected chi connectivity index (χ3v) is 4.27. The molecule has 18 heavy (non-hydrogen) atoms. The van der Waals surface area contributed by atoms with Gasteiger partial charge in [-0.05, 0) is 23.6 Å². The minimum Gasteiger partial charge on any atom is -0.502 e. The van der Waals surface area contributed by atoms with E-state index in [2.05, 4.69) is 0 Å². The van der Waals surface area contributed by atoms with Crippen LogP contribution in [0.2, 0.25) is 0 Å². The predicted octanol–water partition coefficient (Wildman–Crippen LogP) is 3.19. The summed E-state index contributed by atoms with van der Waals surface area (Å²) in [6.07, 6.45) is 0.715. The lowest BCUT2D eigenvalue weighted by Gasteiger charge is -1.91. The molecule has 0 unspecified atom stereocenters. The Morgan fingerprint density at radius 3 is 2.50 bits per heavy atom. The molecule has 0 aliphatic rings. The zero-order valence-corrected chi connectivity index (χ0v) is 10.6. The molecule has 0 fully saturated rings. The quantitative estimate of drug-likeness (QED) is 0.512. The van der Waals surface area contributed by atoms with Crippen molar-refractivity contribution in [1.82, 2.24) is 0 Å². The monoisotopic (exact) mass is 280 g/mol. The number of rotatable bonds is 4. The van der Waals surface area contributed by atoms with Gasteiger partial charge in [0.05, 0.1) is 4.88 Å². The molecule has 0 saturated carbocycles. The van der Waals surface area contributed by atoms with Crippen LogP contribution >= 0.6 is 22.7 Å². The summed E-state index contributed by atoms with van der Waals surface area (Å²) in [5, 5.41) is 19.4. The maximum atomic E-state index is 11.7. The van der Waals surface area contributed by atoms with Crippen molar-refractivity contribution in [2.24, 2.45) is 0 Å². The minimum absolute atomic E-state index is 0.395. The van der Waals surface area contributed by atoms with Gasteiger partial charge in [0.15, 0.2) is 5.78 Å². The molecule has 0 atom stereocenters. The van der Waals surface area contributed by atoms with Crippen molar-refractivity contribution in [1.29, 1.82) is 0 Å². The van der Waals surface area contributed by atoms with Crippen molar-refractivity contribution in [2.45, 2.75) is 0 Å². The maximum absolute atomic E-state index is 11.7. The van der Waals surface area contributed by atoms with Gasteiger partial charge in [0, 0.05) is 15.8 Å². The highest BCUT2D eigenvalue weighted by Gasteiger charge is 2.12. The van der Waals surface area contributed by atoms with E-state index in [1.54, 1.807) is 23.5 Å². The van der Waals surface area contributed by atoms with Gasteiger partial charge in [-0.25, -0.2) is 4.79 Å². The molecule has 92 valence electrons. The van der Waals surface area contributed by atoms with Crippen LogP contribution in [0.1, 0.15) is 9.67 Å². The molecule has 2 heterocycles.